The predicted octanol–water partition coefficient (Wildman–Crippen LogP) is 1.92. The van der Waals surface area contributed by atoms with Gasteiger partial charge in [-0.25, -0.2) is 9.67 Å². The molecule has 0 aliphatic carbocycles. The van der Waals surface area contributed by atoms with Gasteiger partial charge in [0.05, 0.1) is 0 Å². The van der Waals surface area contributed by atoms with E-state index in [9.17, 15) is 0 Å². The summed E-state index contributed by atoms with van der Waals surface area (Å²) in [5, 5.41) is 4.53. The normalized spacial score (nSPS) is 19.4. The van der Waals surface area contributed by atoms with Crippen LogP contribution < -0.4 is 0 Å². The van der Waals surface area contributed by atoms with Crippen LogP contribution >= 0.6 is 0 Å². The summed E-state index contributed by atoms with van der Waals surface area (Å²) in [6.45, 7) is 3.26. The van der Waals surface area contributed by atoms with Gasteiger partial charge in [0.25, 0.3) is 0 Å². The highest BCUT2D eigenvalue weighted by atomic mass is 15.3. The molecule has 0 fully saturated rings. The second-order valence-electron chi connectivity index (χ2n) is 4.41. The van der Waals surface area contributed by atoms with Crippen molar-refractivity contribution in [2.45, 2.75) is 26.3 Å². The van der Waals surface area contributed by atoms with Crippen molar-refractivity contribution < 1.29 is 0 Å². The van der Waals surface area contributed by atoms with E-state index in [0.717, 1.165) is 36.1 Å². The van der Waals surface area contributed by atoms with E-state index in [1.165, 1.54) is 6.42 Å². The minimum atomic E-state index is 0.724. The first-order chi connectivity index (χ1) is 7.83. The van der Waals surface area contributed by atoms with Gasteiger partial charge in [-0.15, -0.1) is 0 Å². The molecule has 0 spiro atoms. The molecule has 82 valence electrons. The van der Waals surface area contributed by atoms with Crippen molar-refractivity contribution in [3.8, 4) is 11.4 Å². The fourth-order valence-corrected chi connectivity index (χ4v) is 2.08. The standard InChI is InChI=1S/C12H14N4/c1-9-4-7-16-11(8-9)14-12(15-16)10-2-5-13-6-3-10/h2-3,5-6,9H,4,7-8H2,1H3. The quantitative estimate of drug-likeness (QED) is 0.728. The second kappa shape index (κ2) is 3.70. The molecule has 0 bridgehead atoms. The summed E-state index contributed by atoms with van der Waals surface area (Å²) in [6.07, 6.45) is 5.79. The first-order valence-electron chi connectivity index (χ1n) is 5.67. The largest absolute Gasteiger partial charge is 0.265 e. The number of hydrogen-bond donors (Lipinski definition) is 0. The Kier molecular flexibility index (Phi) is 2.20. The number of hydrogen-bond acceptors (Lipinski definition) is 3. The molecule has 1 aliphatic rings. The summed E-state index contributed by atoms with van der Waals surface area (Å²) in [4.78, 5) is 8.60. The molecule has 16 heavy (non-hydrogen) atoms. The molecule has 3 heterocycles. The van der Waals surface area contributed by atoms with Gasteiger partial charge in [0.15, 0.2) is 5.82 Å². The van der Waals surface area contributed by atoms with E-state index in [-0.39, 0.29) is 0 Å². The summed E-state index contributed by atoms with van der Waals surface area (Å²) >= 11 is 0. The van der Waals surface area contributed by atoms with Crippen LogP contribution in [0.1, 0.15) is 19.2 Å². The lowest BCUT2D eigenvalue weighted by Crippen LogP contribution is -2.18. The van der Waals surface area contributed by atoms with E-state index < -0.39 is 0 Å². The SMILES string of the molecule is CC1CCn2nc(-c3ccncc3)nc2C1. The van der Waals surface area contributed by atoms with Gasteiger partial charge in [0.2, 0.25) is 0 Å². The van der Waals surface area contributed by atoms with E-state index in [2.05, 4.69) is 22.0 Å². The highest BCUT2D eigenvalue weighted by Crippen LogP contribution is 2.21. The Labute approximate surface area is 94.4 Å². The Balaban J connectivity index is 1.99. The molecule has 4 nitrogen and oxygen atoms in total. The molecular weight excluding hydrogens is 200 g/mol. The number of aromatic nitrogens is 4. The number of aryl methyl sites for hydroxylation is 1. The van der Waals surface area contributed by atoms with Gasteiger partial charge in [0, 0.05) is 30.9 Å². The maximum absolute atomic E-state index is 4.60. The van der Waals surface area contributed by atoms with E-state index in [1.54, 1.807) is 12.4 Å². The zero-order chi connectivity index (χ0) is 11.0. The van der Waals surface area contributed by atoms with Crippen LogP contribution in [-0.2, 0) is 13.0 Å². The Morgan fingerprint density at radius 2 is 2.12 bits per heavy atom. The molecule has 0 radical (unpaired) electrons. The predicted molar refractivity (Wildman–Crippen MR) is 60.7 cm³/mol. The molecule has 0 saturated heterocycles. The maximum atomic E-state index is 4.60. The minimum absolute atomic E-state index is 0.724. The zero-order valence-electron chi connectivity index (χ0n) is 9.30. The minimum Gasteiger partial charge on any atom is -0.265 e. The monoisotopic (exact) mass is 214 g/mol. The first kappa shape index (κ1) is 9.51. The molecule has 0 saturated carbocycles. The highest BCUT2D eigenvalue weighted by molar-refractivity contribution is 5.53. The van der Waals surface area contributed by atoms with Gasteiger partial charge in [-0.05, 0) is 24.5 Å². The van der Waals surface area contributed by atoms with Crippen LogP contribution in [0.4, 0.5) is 0 Å². The number of rotatable bonds is 1. The third kappa shape index (κ3) is 1.60. The molecule has 1 unspecified atom stereocenters. The molecule has 1 aliphatic heterocycles. The fraction of sp³-hybridized carbons (Fsp3) is 0.417. The van der Waals surface area contributed by atoms with Crippen molar-refractivity contribution in [3.63, 3.8) is 0 Å². The molecule has 2 aromatic rings. The highest BCUT2D eigenvalue weighted by Gasteiger charge is 2.19. The van der Waals surface area contributed by atoms with Gasteiger partial charge < -0.3 is 0 Å². The smallest absolute Gasteiger partial charge is 0.181 e. The van der Waals surface area contributed by atoms with E-state index in [4.69, 9.17) is 0 Å². The van der Waals surface area contributed by atoms with Crippen molar-refractivity contribution in [2.24, 2.45) is 5.92 Å². The van der Waals surface area contributed by atoms with Crippen molar-refractivity contribution in [3.05, 3.63) is 30.4 Å². The Hall–Kier alpha value is -1.71. The Morgan fingerprint density at radius 1 is 1.31 bits per heavy atom. The lowest BCUT2D eigenvalue weighted by molar-refractivity contribution is 0.386. The van der Waals surface area contributed by atoms with Crippen LogP contribution in [0.3, 0.4) is 0 Å². The Morgan fingerprint density at radius 3 is 2.94 bits per heavy atom. The summed E-state index contributed by atoms with van der Waals surface area (Å²) < 4.78 is 2.04. The van der Waals surface area contributed by atoms with Crippen molar-refractivity contribution >= 4 is 0 Å². The van der Waals surface area contributed by atoms with Crippen molar-refractivity contribution in [2.75, 3.05) is 0 Å². The van der Waals surface area contributed by atoms with Gasteiger partial charge in [-0.3, -0.25) is 4.98 Å². The lowest BCUT2D eigenvalue weighted by atomic mass is 10.0. The summed E-state index contributed by atoms with van der Waals surface area (Å²) in [5.74, 6) is 2.67. The van der Waals surface area contributed by atoms with Crippen molar-refractivity contribution in [1.29, 1.82) is 0 Å². The molecule has 1 atom stereocenters. The third-order valence-electron chi connectivity index (χ3n) is 3.05. The van der Waals surface area contributed by atoms with Crippen LogP contribution in [0.2, 0.25) is 0 Å². The summed E-state index contributed by atoms with van der Waals surface area (Å²) in [6, 6.07) is 3.90. The van der Waals surface area contributed by atoms with Crippen LogP contribution in [0, 0.1) is 5.92 Å². The Bertz CT molecular complexity index is 489. The zero-order valence-corrected chi connectivity index (χ0v) is 9.30. The van der Waals surface area contributed by atoms with Gasteiger partial charge in [-0.1, -0.05) is 6.92 Å². The summed E-state index contributed by atoms with van der Waals surface area (Å²) in [7, 11) is 0. The topological polar surface area (TPSA) is 43.6 Å². The van der Waals surface area contributed by atoms with E-state index >= 15 is 0 Å². The lowest BCUT2D eigenvalue weighted by Gasteiger charge is -2.17. The van der Waals surface area contributed by atoms with Crippen molar-refractivity contribution in [1.82, 2.24) is 19.7 Å². The van der Waals surface area contributed by atoms with E-state index in [0.29, 0.717) is 0 Å². The number of pyridine rings is 1. The van der Waals surface area contributed by atoms with Gasteiger partial charge in [-0.2, -0.15) is 5.10 Å². The molecule has 2 aromatic heterocycles. The molecule has 0 amide bonds. The average Bonchev–Trinajstić information content (AvgIpc) is 2.73. The molecule has 4 heteroatoms. The maximum Gasteiger partial charge on any atom is 0.181 e. The molecule has 0 aromatic carbocycles. The number of fused-ring (bicyclic) bond motifs is 1. The average molecular weight is 214 g/mol. The first-order valence-corrected chi connectivity index (χ1v) is 5.67. The summed E-state index contributed by atoms with van der Waals surface area (Å²) in [5.41, 5.74) is 1.05. The molecule has 3 rings (SSSR count). The van der Waals surface area contributed by atoms with E-state index in [1.807, 2.05) is 16.8 Å². The van der Waals surface area contributed by atoms with Gasteiger partial charge in [0.1, 0.15) is 5.82 Å². The molecular formula is C12H14N4. The van der Waals surface area contributed by atoms with Gasteiger partial charge >= 0.3 is 0 Å². The third-order valence-corrected chi connectivity index (χ3v) is 3.05. The number of nitrogens with zero attached hydrogens (tertiary/aromatic N) is 4. The molecule has 0 N–H and O–H groups in total. The van der Waals surface area contributed by atoms with Crippen LogP contribution in [0.15, 0.2) is 24.5 Å². The second-order valence-corrected chi connectivity index (χ2v) is 4.41. The van der Waals surface area contributed by atoms with Crippen LogP contribution in [0.5, 0.6) is 0 Å². The van der Waals surface area contributed by atoms with Crippen LogP contribution in [-0.4, -0.2) is 19.7 Å². The fourth-order valence-electron chi connectivity index (χ4n) is 2.08. The van der Waals surface area contributed by atoms with Crippen LogP contribution in [0.25, 0.3) is 11.4 Å².